The number of hydrogen-bond acceptors (Lipinski definition) is 9. The van der Waals surface area contributed by atoms with Crippen molar-refractivity contribution in [2.24, 2.45) is 17.6 Å². The smallest absolute Gasteiger partial charge is 0.147 e. The second-order valence-corrected chi connectivity index (χ2v) is 9.78. The molecule has 5 rings (SSSR count). The number of fused-ring (bicyclic) bond motifs is 1. The van der Waals surface area contributed by atoms with Crippen molar-refractivity contribution in [2.45, 2.75) is 22.3 Å². The molecule has 150 valence electrons. The van der Waals surface area contributed by atoms with Gasteiger partial charge in [0, 0.05) is 47.2 Å². The Bertz CT molecular complexity index is 1040. The van der Waals surface area contributed by atoms with Crippen LogP contribution in [0.5, 0.6) is 0 Å². The van der Waals surface area contributed by atoms with E-state index < -0.39 is 0 Å². The number of aryl methyl sites for hydroxylation is 1. The maximum atomic E-state index is 6.21. The Morgan fingerprint density at radius 1 is 1.28 bits per heavy atom. The maximum Gasteiger partial charge on any atom is 0.147 e. The van der Waals surface area contributed by atoms with Crippen molar-refractivity contribution < 1.29 is 0 Å². The summed E-state index contributed by atoms with van der Waals surface area (Å²) in [4.78, 5) is 21.0. The van der Waals surface area contributed by atoms with Crippen LogP contribution in [0.15, 0.2) is 40.0 Å². The van der Waals surface area contributed by atoms with Gasteiger partial charge in [-0.3, -0.25) is 0 Å². The van der Waals surface area contributed by atoms with Crippen molar-refractivity contribution in [3.05, 3.63) is 45.8 Å². The summed E-state index contributed by atoms with van der Waals surface area (Å²) in [6, 6.07) is 1.82. The van der Waals surface area contributed by atoms with Crippen LogP contribution >= 0.6 is 34.7 Å². The van der Waals surface area contributed by atoms with Crippen molar-refractivity contribution in [1.29, 1.82) is 0 Å². The van der Waals surface area contributed by atoms with Crippen molar-refractivity contribution >= 4 is 46.3 Å². The largest absolute Gasteiger partial charge is 0.382 e. The molecule has 2 fully saturated rings. The van der Waals surface area contributed by atoms with Gasteiger partial charge < -0.3 is 16.4 Å². The Morgan fingerprint density at radius 3 is 2.69 bits per heavy atom. The monoisotopic (exact) mass is 445 g/mol. The minimum atomic E-state index is 0.0523. The number of nitrogens with zero attached hydrogens (tertiary/aromatic N) is 5. The zero-order valence-corrected chi connectivity index (χ0v) is 18.1. The zero-order valence-electron chi connectivity index (χ0n) is 15.7. The average molecular weight is 446 g/mol. The third-order valence-corrected chi connectivity index (χ3v) is 8.57. The Morgan fingerprint density at radius 2 is 2.07 bits per heavy atom. The van der Waals surface area contributed by atoms with Gasteiger partial charge in [0.25, 0.3) is 0 Å². The van der Waals surface area contributed by atoms with Gasteiger partial charge in [-0.2, -0.15) is 0 Å². The van der Waals surface area contributed by atoms with E-state index in [9.17, 15) is 0 Å². The van der Waals surface area contributed by atoms with Crippen LogP contribution in [0.3, 0.4) is 0 Å². The van der Waals surface area contributed by atoms with Crippen LogP contribution in [0.2, 0.25) is 5.02 Å². The summed E-state index contributed by atoms with van der Waals surface area (Å²) in [5, 5.41) is 4.51. The maximum absolute atomic E-state index is 6.21. The topological polar surface area (TPSA) is 107 Å². The average Bonchev–Trinajstić information content (AvgIpc) is 3.07. The number of hydrogen-bond donors (Lipinski definition) is 2. The highest BCUT2D eigenvalue weighted by Gasteiger charge is 2.69. The number of pyridine rings is 1. The Kier molecular flexibility index (Phi) is 4.65. The molecule has 4 N–H and O–H groups in total. The van der Waals surface area contributed by atoms with E-state index >= 15 is 0 Å². The van der Waals surface area contributed by atoms with Gasteiger partial charge in [-0.15, -0.1) is 11.3 Å². The van der Waals surface area contributed by atoms with Crippen LogP contribution in [0.1, 0.15) is 10.7 Å². The molecule has 0 bridgehead atoms. The lowest BCUT2D eigenvalue weighted by Gasteiger charge is -2.25. The van der Waals surface area contributed by atoms with Gasteiger partial charge in [0.05, 0.1) is 17.4 Å². The molecule has 2 atom stereocenters. The number of nitrogen functional groups attached to an aromatic ring is 1. The highest BCUT2D eigenvalue weighted by atomic mass is 35.5. The predicted molar refractivity (Wildman–Crippen MR) is 117 cm³/mol. The van der Waals surface area contributed by atoms with Gasteiger partial charge in [0.2, 0.25) is 0 Å². The fourth-order valence-electron chi connectivity index (χ4n) is 4.35. The first-order chi connectivity index (χ1) is 14.0. The molecule has 1 aliphatic carbocycles. The lowest BCUT2D eigenvalue weighted by molar-refractivity contribution is 0.548. The minimum absolute atomic E-state index is 0.0523. The van der Waals surface area contributed by atoms with Gasteiger partial charge in [0.1, 0.15) is 21.7 Å². The molecular formula is C19H20ClN7S2. The third kappa shape index (κ3) is 3.07. The third-order valence-electron chi connectivity index (χ3n) is 5.92. The molecule has 10 heteroatoms. The summed E-state index contributed by atoms with van der Waals surface area (Å²) < 4.78 is 0. The standard InChI is InChI=1S/C19H20ClN7S2/c1-10-8-28-18(26-10)19(9-21)11-6-27(7-12(11)19)14-4-25-15(5-24-14)29-13-2-3-23-17(22)16(13)20/h2-5,8,11-12H,6-7,9,21H2,1H3,(H2,22,23). The van der Waals surface area contributed by atoms with Crippen LogP contribution in [0, 0.1) is 18.8 Å². The fourth-order valence-corrected chi connectivity index (χ4v) is 6.48. The van der Waals surface area contributed by atoms with E-state index in [1.807, 2.05) is 19.2 Å². The van der Waals surface area contributed by atoms with Crippen LogP contribution in [0.4, 0.5) is 11.6 Å². The van der Waals surface area contributed by atoms with Gasteiger partial charge >= 0.3 is 0 Å². The quantitative estimate of drug-likeness (QED) is 0.617. The van der Waals surface area contributed by atoms with E-state index in [2.05, 4.69) is 25.2 Å². The molecule has 3 aromatic rings. The molecule has 0 amide bonds. The second kappa shape index (κ2) is 7.09. The normalized spacial score (nSPS) is 25.3. The number of piperidine rings is 1. The molecule has 3 aromatic heterocycles. The van der Waals surface area contributed by atoms with Crippen LogP contribution in [0.25, 0.3) is 0 Å². The first-order valence-corrected chi connectivity index (χ1v) is 11.4. The van der Waals surface area contributed by atoms with Gasteiger partial charge in [-0.05, 0) is 24.8 Å². The van der Waals surface area contributed by atoms with E-state index in [0.29, 0.717) is 29.2 Å². The molecule has 2 aliphatic rings. The molecule has 1 saturated carbocycles. The summed E-state index contributed by atoms with van der Waals surface area (Å²) >= 11 is 9.37. The van der Waals surface area contributed by atoms with E-state index in [4.69, 9.17) is 28.1 Å². The van der Waals surface area contributed by atoms with Gasteiger partial charge in [0.15, 0.2) is 0 Å². The van der Waals surface area contributed by atoms with Crippen LogP contribution in [-0.2, 0) is 5.41 Å². The van der Waals surface area contributed by atoms with E-state index in [-0.39, 0.29) is 5.41 Å². The Hall–Kier alpha value is -1.94. The molecule has 4 heterocycles. The van der Waals surface area contributed by atoms with E-state index in [0.717, 1.165) is 34.5 Å². The fraction of sp³-hybridized carbons (Fsp3) is 0.368. The van der Waals surface area contributed by atoms with Crippen molar-refractivity contribution in [1.82, 2.24) is 19.9 Å². The number of nitrogens with two attached hydrogens (primary N) is 2. The molecule has 2 unspecified atom stereocenters. The minimum Gasteiger partial charge on any atom is -0.382 e. The SMILES string of the molecule is Cc1csc(C2(CN)C3CN(c4cnc(Sc5ccnc(N)c5Cl)cn4)CC32)n1. The highest BCUT2D eigenvalue weighted by molar-refractivity contribution is 7.99. The summed E-state index contributed by atoms with van der Waals surface area (Å²) in [5.74, 6) is 2.28. The number of halogens is 1. The van der Waals surface area contributed by atoms with Crippen molar-refractivity contribution in [3.8, 4) is 0 Å². The lowest BCUT2D eigenvalue weighted by Crippen LogP contribution is -2.35. The number of aromatic nitrogens is 4. The molecule has 29 heavy (non-hydrogen) atoms. The van der Waals surface area contributed by atoms with E-state index in [1.165, 1.54) is 16.8 Å². The molecule has 0 radical (unpaired) electrons. The molecule has 0 spiro atoms. The Labute approximate surface area is 181 Å². The first kappa shape index (κ1) is 19.0. The molecule has 1 saturated heterocycles. The highest BCUT2D eigenvalue weighted by Crippen LogP contribution is 2.63. The molecule has 7 nitrogen and oxygen atoms in total. The van der Waals surface area contributed by atoms with Gasteiger partial charge in [-0.25, -0.2) is 19.9 Å². The second-order valence-electron chi connectivity index (χ2n) is 7.48. The first-order valence-electron chi connectivity index (χ1n) is 9.30. The zero-order chi connectivity index (χ0) is 20.2. The molecule has 0 aromatic carbocycles. The number of thiazole rings is 1. The summed E-state index contributed by atoms with van der Waals surface area (Å²) in [6.07, 6.45) is 5.23. The molecular weight excluding hydrogens is 426 g/mol. The summed E-state index contributed by atoms with van der Waals surface area (Å²) in [7, 11) is 0. The predicted octanol–water partition coefficient (Wildman–Crippen LogP) is 2.99. The van der Waals surface area contributed by atoms with E-state index in [1.54, 1.807) is 23.7 Å². The lowest BCUT2D eigenvalue weighted by atomic mass is 10.0. The summed E-state index contributed by atoms with van der Waals surface area (Å²) in [6.45, 7) is 4.57. The molecule has 1 aliphatic heterocycles. The van der Waals surface area contributed by atoms with Crippen molar-refractivity contribution in [2.75, 3.05) is 30.3 Å². The number of rotatable bonds is 5. The number of anilines is 2. The van der Waals surface area contributed by atoms with Crippen LogP contribution in [-0.4, -0.2) is 39.6 Å². The van der Waals surface area contributed by atoms with Gasteiger partial charge in [-0.1, -0.05) is 23.4 Å². The summed E-state index contributed by atoms with van der Waals surface area (Å²) in [5.41, 5.74) is 13.1. The van der Waals surface area contributed by atoms with Crippen molar-refractivity contribution in [3.63, 3.8) is 0 Å². The van der Waals surface area contributed by atoms with Crippen LogP contribution < -0.4 is 16.4 Å². The Balaban J connectivity index is 1.28.